The van der Waals surface area contributed by atoms with Crippen molar-refractivity contribution in [3.8, 4) is 0 Å². The van der Waals surface area contributed by atoms with Crippen LogP contribution in [0.5, 0.6) is 0 Å². The molecule has 98 valence electrons. The summed E-state index contributed by atoms with van der Waals surface area (Å²) in [6.07, 6.45) is 0. The predicted octanol–water partition coefficient (Wildman–Crippen LogP) is 3.99. The van der Waals surface area contributed by atoms with Crippen molar-refractivity contribution in [3.63, 3.8) is 0 Å². The van der Waals surface area contributed by atoms with Crippen LogP contribution in [0, 0.1) is 6.92 Å². The molecular formula is C15H16N2S2. The minimum atomic E-state index is 0.466. The molecule has 1 aromatic heterocycles. The van der Waals surface area contributed by atoms with E-state index in [-0.39, 0.29) is 0 Å². The van der Waals surface area contributed by atoms with E-state index >= 15 is 0 Å². The van der Waals surface area contributed by atoms with Crippen LogP contribution in [-0.4, -0.2) is 11.7 Å². The van der Waals surface area contributed by atoms with E-state index in [2.05, 4.69) is 59.7 Å². The number of thioether (sulfide) groups is 1. The third-order valence-corrected chi connectivity index (χ3v) is 5.24. The van der Waals surface area contributed by atoms with Gasteiger partial charge in [-0.3, -0.25) is 4.99 Å². The zero-order valence-corrected chi connectivity index (χ0v) is 12.4. The van der Waals surface area contributed by atoms with Crippen LogP contribution >= 0.6 is 23.1 Å². The Morgan fingerprint density at radius 2 is 2.05 bits per heavy atom. The zero-order chi connectivity index (χ0) is 13.1. The molecule has 0 radical (unpaired) electrons. The lowest BCUT2D eigenvalue weighted by molar-refractivity contribution is 0.925. The number of hydrogen-bond donors (Lipinski definition) is 1. The first-order valence-corrected chi connectivity index (χ1v) is 8.06. The molecule has 0 saturated heterocycles. The number of nitrogens with zero attached hydrogens (tertiary/aromatic N) is 1. The fourth-order valence-electron chi connectivity index (χ4n) is 2.06. The van der Waals surface area contributed by atoms with Gasteiger partial charge in [-0.25, -0.2) is 0 Å². The van der Waals surface area contributed by atoms with Crippen LogP contribution < -0.4 is 5.32 Å². The average Bonchev–Trinajstić information content (AvgIpc) is 3.06. The van der Waals surface area contributed by atoms with Gasteiger partial charge in [0.1, 0.15) is 0 Å². The molecule has 2 nitrogen and oxygen atoms in total. The van der Waals surface area contributed by atoms with Crippen LogP contribution in [-0.2, 0) is 6.54 Å². The molecule has 3 rings (SSSR count). The number of amidine groups is 1. The van der Waals surface area contributed by atoms with Gasteiger partial charge in [0, 0.05) is 9.75 Å². The molecule has 1 unspecified atom stereocenters. The fraction of sp³-hybridized carbons (Fsp3) is 0.267. The number of aryl methyl sites for hydroxylation is 1. The number of nitrogens with one attached hydrogen (secondary N) is 1. The SMILES string of the molecule is Cc1ccc(CNC2=NCC(c3ccccc3)S2)s1. The van der Waals surface area contributed by atoms with Crippen molar-refractivity contribution in [1.29, 1.82) is 0 Å². The first-order chi connectivity index (χ1) is 9.31. The fourth-order valence-corrected chi connectivity index (χ4v) is 3.90. The Morgan fingerprint density at radius 1 is 1.21 bits per heavy atom. The average molecular weight is 288 g/mol. The second-order valence-electron chi connectivity index (χ2n) is 4.53. The number of thiophene rings is 1. The van der Waals surface area contributed by atoms with Crippen LogP contribution in [0.15, 0.2) is 47.5 Å². The summed E-state index contributed by atoms with van der Waals surface area (Å²) >= 11 is 3.67. The Hall–Kier alpha value is -1.26. The van der Waals surface area contributed by atoms with Gasteiger partial charge in [0.2, 0.25) is 0 Å². The third kappa shape index (κ3) is 3.19. The molecule has 0 saturated carbocycles. The monoisotopic (exact) mass is 288 g/mol. The van der Waals surface area contributed by atoms with E-state index < -0.39 is 0 Å². The zero-order valence-electron chi connectivity index (χ0n) is 10.8. The maximum atomic E-state index is 4.59. The van der Waals surface area contributed by atoms with Crippen molar-refractivity contribution in [2.24, 2.45) is 4.99 Å². The highest BCUT2D eigenvalue weighted by Crippen LogP contribution is 2.34. The number of aliphatic imine (C=N–C) groups is 1. The van der Waals surface area contributed by atoms with E-state index in [4.69, 9.17) is 0 Å². The first kappa shape index (κ1) is 12.8. The molecule has 0 amide bonds. The van der Waals surface area contributed by atoms with Crippen molar-refractivity contribution < 1.29 is 0 Å². The van der Waals surface area contributed by atoms with Gasteiger partial charge in [0.25, 0.3) is 0 Å². The molecule has 2 aromatic rings. The number of benzene rings is 1. The summed E-state index contributed by atoms with van der Waals surface area (Å²) in [5, 5.41) is 4.97. The summed E-state index contributed by atoms with van der Waals surface area (Å²) in [4.78, 5) is 7.31. The van der Waals surface area contributed by atoms with Crippen LogP contribution in [0.2, 0.25) is 0 Å². The van der Waals surface area contributed by atoms with Crippen molar-refractivity contribution >= 4 is 28.3 Å². The quantitative estimate of drug-likeness (QED) is 0.923. The second kappa shape index (κ2) is 5.80. The highest BCUT2D eigenvalue weighted by atomic mass is 32.2. The number of rotatable bonds is 3. The molecule has 4 heteroatoms. The first-order valence-electron chi connectivity index (χ1n) is 6.36. The van der Waals surface area contributed by atoms with E-state index in [9.17, 15) is 0 Å². The Bertz CT molecular complexity index is 575. The smallest absolute Gasteiger partial charge is 0.157 e. The molecule has 0 bridgehead atoms. The Balaban J connectivity index is 1.54. The van der Waals surface area contributed by atoms with Crippen LogP contribution in [0.1, 0.15) is 20.6 Å². The molecule has 19 heavy (non-hydrogen) atoms. The van der Waals surface area contributed by atoms with Crippen LogP contribution in [0.3, 0.4) is 0 Å². The molecule has 1 aliphatic rings. The summed E-state index contributed by atoms with van der Waals surface area (Å²) in [7, 11) is 0. The standard InChI is InChI=1S/C15H16N2S2/c1-11-7-8-13(18-11)9-16-15-17-10-14(19-15)12-5-3-2-4-6-12/h2-8,14H,9-10H2,1H3,(H,16,17). The van der Waals surface area contributed by atoms with Crippen molar-refractivity contribution in [2.45, 2.75) is 18.7 Å². The molecule has 2 heterocycles. The Kier molecular flexibility index (Phi) is 3.89. The highest BCUT2D eigenvalue weighted by molar-refractivity contribution is 8.14. The minimum Gasteiger partial charge on any atom is -0.360 e. The van der Waals surface area contributed by atoms with Crippen LogP contribution in [0.4, 0.5) is 0 Å². The van der Waals surface area contributed by atoms with Gasteiger partial charge in [-0.1, -0.05) is 42.1 Å². The molecule has 1 aliphatic heterocycles. The predicted molar refractivity (Wildman–Crippen MR) is 85.0 cm³/mol. The summed E-state index contributed by atoms with van der Waals surface area (Å²) in [6.45, 7) is 3.90. The third-order valence-electron chi connectivity index (χ3n) is 3.04. The van der Waals surface area contributed by atoms with Gasteiger partial charge in [-0.2, -0.15) is 0 Å². The normalized spacial score (nSPS) is 18.4. The lowest BCUT2D eigenvalue weighted by atomic mass is 10.1. The molecule has 1 aromatic carbocycles. The van der Waals surface area contributed by atoms with Crippen LogP contribution in [0.25, 0.3) is 0 Å². The summed E-state index contributed by atoms with van der Waals surface area (Å²) < 4.78 is 0. The molecule has 1 atom stereocenters. The summed E-state index contributed by atoms with van der Waals surface area (Å²) in [5.74, 6) is 0. The lowest BCUT2D eigenvalue weighted by Crippen LogP contribution is -2.17. The summed E-state index contributed by atoms with van der Waals surface area (Å²) in [6, 6.07) is 14.9. The largest absolute Gasteiger partial charge is 0.360 e. The molecular weight excluding hydrogens is 272 g/mol. The van der Waals surface area contributed by atoms with Crippen molar-refractivity contribution in [3.05, 3.63) is 57.8 Å². The van der Waals surface area contributed by atoms with Gasteiger partial charge in [-0.05, 0) is 24.6 Å². The maximum absolute atomic E-state index is 4.59. The van der Waals surface area contributed by atoms with Crippen molar-refractivity contribution in [1.82, 2.24) is 5.32 Å². The van der Waals surface area contributed by atoms with Gasteiger partial charge in [0.15, 0.2) is 5.17 Å². The Morgan fingerprint density at radius 3 is 2.79 bits per heavy atom. The van der Waals surface area contributed by atoms with E-state index in [0.29, 0.717) is 5.25 Å². The number of hydrogen-bond acceptors (Lipinski definition) is 4. The van der Waals surface area contributed by atoms with E-state index in [1.54, 1.807) is 0 Å². The van der Waals surface area contributed by atoms with Gasteiger partial charge >= 0.3 is 0 Å². The second-order valence-corrected chi connectivity index (χ2v) is 7.09. The van der Waals surface area contributed by atoms with E-state index in [1.807, 2.05) is 23.1 Å². The Labute approximate surface area is 122 Å². The molecule has 1 N–H and O–H groups in total. The summed E-state index contributed by atoms with van der Waals surface area (Å²) in [5.41, 5.74) is 1.36. The lowest BCUT2D eigenvalue weighted by Gasteiger charge is -2.08. The van der Waals surface area contributed by atoms with Crippen molar-refractivity contribution in [2.75, 3.05) is 6.54 Å². The molecule has 0 fully saturated rings. The minimum absolute atomic E-state index is 0.466. The maximum Gasteiger partial charge on any atom is 0.157 e. The molecule has 0 spiro atoms. The van der Waals surface area contributed by atoms with E-state index in [1.165, 1.54) is 15.3 Å². The van der Waals surface area contributed by atoms with Gasteiger partial charge in [-0.15, -0.1) is 11.3 Å². The van der Waals surface area contributed by atoms with Gasteiger partial charge in [0.05, 0.1) is 18.3 Å². The van der Waals surface area contributed by atoms with E-state index in [0.717, 1.165) is 18.3 Å². The highest BCUT2D eigenvalue weighted by Gasteiger charge is 2.20. The van der Waals surface area contributed by atoms with Gasteiger partial charge < -0.3 is 5.32 Å². The topological polar surface area (TPSA) is 24.4 Å². The molecule has 0 aliphatic carbocycles.